The van der Waals surface area contributed by atoms with Crippen LogP contribution < -0.4 is 21.3 Å². The molecule has 4 amide bonds. The minimum absolute atomic E-state index is 0.129. The molecule has 0 aliphatic carbocycles. The molecule has 0 heterocycles. The Kier molecular flexibility index (Phi) is 14.6. The van der Waals surface area contributed by atoms with Crippen LogP contribution in [0.15, 0.2) is 48.5 Å². The van der Waals surface area contributed by atoms with Crippen LogP contribution in [-0.4, -0.2) is 60.4 Å². The number of benzene rings is 2. The summed E-state index contributed by atoms with van der Waals surface area (Å²) in [6.07, 6.45) is -0.545. The predicted octanol–water partition coefficient (Wildman–Crippen LogP) is 6.75. The normalized spacial score (nSPS) is 12.9. The molecular weight excluding hydrogens is 628 g/mol. The smallest absolute Gasteiger partial charge is 0.408 e. The lowest BCUT2D eigenvalue weighted by atomic mass is 9.91. The van der Waals surface area contributed by atoms with Crippen molar-refractivity contribution in [3.63, 3.8) is 0 Å². The van der Waals surface area contributed by atoms with Gasteiger partial charge in [0, 0.05) is 11.4 Å². The first-order chi connectivity index (χ1) is 22.7. The van der Waals surface area contributed by atoms with Gasteiger partial charge in [-0.05, 0) is 102 Å². The third kappa shape index (κ3) is 14.6. The first-order valence-electron chi connectivity index (χ1n) is 16.6. The lowest BCUT2D eigenvalue weighted by Gasteiger charge is -2.24. The molecule has 0 aliphatic heterocycles. The fourth-order valence-electron chi connectivity index (χ4n) is 4.86. The molecule has 0 saturated carbocycles. The number of carbonyl (C=O) groups excluding carboxylic acids is 5. The van der Waals surface area contributed by atoms with Crippen LogP contribution in [-0.2, 0) is 28.6 Å². The largest absolute Gasteiger partial charge is 0.468 e. The highest BCUT2D eigenvalue weighted by Crippen LogP contribution is 2.29. The topological polar surface area (TPSA) is 161 Å². The number of hydrogen-bond acceptors (Lipinski definition) is 8. The molecule has 4 N–H and O–H groups in total. The fourth-order valence-corrected chi connectivity index (χ4v) is 4.86. The number of ether oxygens (including phenoxy) is 3. The van der Waals surface area contributed by atoms with Gasteiger partial charge in [-0.1, -0.05) is 52.0 Å². The molecule has 2 aromatic rings. The zero-order valence-corrected chi connectivity index (χ0v) is 30.7. The number of methoxy groups -OCH3 is 1. The van der Waals surface area contributed by atoms with Crippen molar-refractivity contribution in [1.82, 2.24) is 10.6 Å². The standard InChI is InChI=1S/C37H54N4O8/c1-22(2)20-28(40-34(45)48-36(5,6)7)31(42)38-26-16-12-24(13-17-26)30(33(44)47-11)25-14-18-27(19-15-25)39-32(43)29(21-23(3)4)41-35(46)49-37(8,9)10/h12-19,22-23,28-30H,20-21H2,1-11H3,(H,38,42)(H,39,43)(H,40,45)(H,41,46)/t28-,29-/m0/s1. The summed E-state index contributed by atoms with van der Waals surface area (Å²) in [4.78, 5) is 64.0. The SMILES string of the molecule is COC(=O)C(c1ccc(NC(=O)[C@H](CC(C)C)NC(=O)OC(C)(C)C)cc1)c1ccc(NC(=O)[C@H](CC(C)C)NC(=O)OC(C)(C)C)cc1. The molecule has 0 fully saturated rings. The van der Waals surface area contributed by atoms with Crippen LogP contribution in [0, 0.1) is 11.8 Å². The second-order valence-corrected chi connectivity index (χ2v) is 14.8. The van der Waals surface area contributed by atoms with Gasteiger partial charge in [0.2, 0.25) is 11.8 Å². The number of esters is 1. The van der Waals surface area contributed by atoms with E-state index in [2.05, 4.69) is 21.3 Å². The van der Waals surface area contributed by atoms with Crippen molar-refractivity contribution in [2.75, 3.05) is 17.7 Å². The summed E-state index contributed by atoms with van der Waals surface area (Å²) >= 11 is 0. The molecular formula is C37H54N4O8. The molecule has 0 radical (unpaired) electrons. The summed E-state index contributed by atoms with van der Waals surface area (Å²) in [6, 6.07) is 11.9. The number of alkyl carbamates (subject to hydrolysis) is 2. The Morgan fingerprint density at radius 2 is 0.918 bits per heavy atom. The zero-order chi connectivity index (χ0) is 37.1. The van der Waals surface area contributed by atoms with Gasteiger partial charge in [-0.3, -0.25) is 14.4 Å². The van der Waals surface area contributed by atoms with Crippen molar-refractivity contribution in [2.24, 2.45) is 11.8 Å². The molecule has 2 aromatic carbocycles. The van der Waals surface area contributed by atoms with Gasteiger partial charge < -0.3 is 35.5 Å². The molecule has 12 heteroatoms. The summed E-state index contributed by atoms with van der Waals surface area (Å²) < 4.78 is 15.8. The Morgan fingerprint density at radius 3 is 1.18 bits per heavy atom. The Morgan fingerprint density at radius 1 is 0.592 bits per heavy atom. The average Bonchev–Trinajstić information content (AvgIpc) is 2.95. The second-order valence-electron chi connectivity index (χ2n) is 14.8. The van der Waals surface area contributed by atoms with Crippen molar-refractivity contribution in [2.45, 2.75) is 111 Å². The van der Waals surface area contributed by atoms with E-state index in [0.29, 0.717) is 35.3 Å². The summed E-state index contributed by atoms with van der Waals surface area (Å²) in [6.45, 7) is 18.3. The number of anilines is 2. The third-order valence-corrected chi connectivity index (χ3v) is 6.89. The number of carbonyl (C=O) groups is 5. The van der Waals surface area contributed by atoms with Gasteiger partial charge >= 0.3 is 18.2 Å². The third-order valence-electron chi connectivity index (χ3n) is 6.89. The van der Waals surface area contributed by atoms with Crippen molar-refractivity contribution in [3.05, 3.63) is 59.7 Å². The van der Waals surface area contributed by atoms with Crippen molar-refractivity contribution in [1.29, 1.82) is 0 Å². The first kappa shape index (κ1) is 40.6. The monoisotopic (exact) mass is 682 g/mol. The predicted molar refractivity (Wildman–Crippen MR) is 189 cm³/mol. The van der Waals surface area contributed by atoms with E-state index in [1.165, 1.54) is 7.11 Å². The first-order valence-corrected chi connectivity index (χ1v) is 16.6. The highest BCUT2D eigenvalue weighted by Gasteiger charge is 2.28. The molecule has 0 saturated heterocycles. The lowest BCUT2D eigenvalue weighted by molar-refractivity contribution is -0.141. The van der Waals surface area contributed by atoms with Gasteiger partial charge in [-0.2, -0.15) is 0 Å². The van der Waals surface area contributed by atoms with E-state index in [-0.39, 0.29) is 11.8 Å². The Labute approximate surface area is 290 Å². The van der Waals surface area contributed by atoms with Gasteiger partial charge in [-0.25, -0.2) is 9.59 Å². The minimum atomic E-state index is -0.815. The highest BCUT2D eigenvalue weighted by atomic mass is 16.6. The Hall–Kier alpha value is -4.61. The summed E-state index contributed by atoms with van der Waals surface area (Å²) in [5.41, 5.74) is 0.773. The van der Waals surface area contributed by atoms with Crippen molar-refractivity contribution in [3.8, 4) is 0 Å². The number of amides is 4. The van der Waals surface area contributed by atoms with Crippen molar-refractivity contribution < 1.29 is 38.2 Å². The molecule has 0 bridgehead atoms. The molecule has 2 rings (SSSR count). The van der Waals surface area contributed by atoms with Gasteiger partial charge in [0.1, 0.15) is 29.2 Å². The highest BCUT2D eigenvalue weighted by molar-refractivity contribution is 5.97. The summed E-state index contributed by atoms with van der Waals surface area (Å²) in [7, 11) is 1.30. The molecule has 12 nitrogen and oxygen atoms in total. The molecule has 2 atom stereocenters. The molecule has 270 valence electrons. The van der Waals surface area contributed by atoms with E-state index in [1.54, 1.807) is 90.1 Å². The van der Waals surface area contributed by atoms with Crippen LogP contribution in [0.1, 0.15) is 99.1 Å². The van der Waals surface area contributed by atoms with Gasteiger partial charge in [0.25, 0.3) is 0 Å². The quantitative estimate of drug-likeness (QED) is 0.133. The zero-order valence-electron chi connectivity index (χ0n) is 30.7. The van der Waals surface area contributed by atoms with Crippen LogP contribution in [0.2, 0.25) is 0 Å². The molecule has 49 heavy (non-hydrogen) atoms. The van der Waals surface area contributed by atoms with Crippen LogP contribution in [0.4, 0.5) is 21.0 Å². The van der Waals surface area contributed by atoms with Gasteiger partial charge in [-0.15, -0.1) is 0 Å². The van der Waals surface area contributed by atoms with E-state index < -0.39 is 59.2 Å². The van der Waals surface area contributed by atoms with E-state index >= 15 is 0 Å². The van der Waals surface area contributed by atoms with Gasteiger partial charge in [0.15, 0.2) is 0 Å². The van der Waals surface area contributed by atoms with Crippen LogP contribution >= 0.6 is 0 Å². The molecule has 0 aromatic heterocycles. The van der Waals surface area contributed by atoms with Crippen LogP contribution in [0.5, 0.6) is 0 Å². The molecule has 0 spiro atoms. The van der Waals surface area contributed by atoms with E-state index in [0.717, 1.165) is 0 Å². The fraction of sp³-hybridized carbons (Fsp3) is 0.541. The van der Waals surface area contributed by atoms with Crippen LogP contribution in [0.3, 0.4) is 0 Å². The Balaban J connectivity index is 2.20. The maximum Gasteiger partial charge on any atom is 0.408 e. The van der Waals surface area contributed by atoms with Crippen molar-refractivity contribution >= 4 is 41.3 Å². The van der Waals surface area contributed by atoms with E-state index in [4.69, 9.17) is 14.2 Å². The number of nitrogens with one attached hydrogen (secondary N) is 4. The van der Waals surface area contributed by atoms with Gasteiger partial charge in [0.05, 0.1) is 7.11 Å². The average molecular weight is 683 g/mol. The summed E-state index contributed by atoms with van der Waals surface area (Å²) in [5.74, 6) is -1.82. The Bertz CT molecular complexity index is 1320. The number of hydrogen-bond donors (Lipinski definition) is 4. The summed E-state index contributed by atoms with van der Waals surface area (Å²) in [5, 5.41) is 11.0. The van der Waals surface area contributed by atoms with Crippen LogP contribution in [0.25, 0.3) is 0 Å². The second kappa shape index (κ2) is 17.7. The lowest BCUT2D eigenvalue weighted by Crippen LogP contribution is -2.46. The maximum atomic E-state index is 13.1. The molecule has 0 aliphatic rings. The van der Waals surface area contributed by atoms with E-state index in [9.17, 15) is 24.0 Å². The molecule has 0 unspecified atom stereocenters. The maximum absolute atomic E-state index is 13.1. The minimum Gasteiger partial charge on any atom is -0.468 e. The van der Waals surface area contributed by atoms with E-state index in [1.807, 2.05) is 27.7 Å². The number of rotatable bonds is 13.